The number of para-hydroxylation sites is 1. The molecule has 4 nitrogen and oxygen atoms in total. The molecule has 0 bridgehead atoms. The van der Waals surface area contributed by atoms with Crippen LogP contribution >= 0.6 is 23.2 Å². The van der Waals surface area contributed by atoms with Crippen LogP contribution in [0.1, 0.15) is 41.0 Å². The molecule has 0 spiro atoms. The molecule has 2 aromatic carbocycles. The molecule has 0 radical (unpaired) electrons. The Kier molecular flexibility index (Phi) is 6.29. The van der Waals surface area contributed by atoms with Crippen LogP contribution in [0.3, 0.4) is 0 Å². The molecule has 0 aliphatic carbocycles. The predicted octanol–water partition coefficient (Wildman–Crippen LogP) is 5.51. The molecule has 0 saturated carbocycles. The Labute approximate surface area is 188 Å². The van der Waals surface area contributed by atoms with E-state index in [9.17, 15) is 9.90 Å². The van der Waals surface area contributed by atoms with Gasteiger partial charge in [-0.1, -0.05) is 41.4 Å². The van der Waals surface area contributed by atoms with Crippen molar-refractivity contribution < 1.29 is 9.90 Å². The Bertz CT molecular complexity index is 905. The van der Waals surface area contributed by atoms with Gasteiger partial charge in [0.05, 0.1) is 21.7 Å². The zero-order valence-electron chi connectivity index (χ0n) is 17.5. The van der Waals surface area contributed by atoms with Crippen LogP contribution in [-0.4, -0.2) is 42.2 Å². The molecular weight excluding hydrogens is 419 g/mol. The van der Waals surface area contributed by atoms with Gasteiger partial charge >= 0.3 is 5.97 Å². The molecular formula is C24H28Cl2N2O2. The lowest BCUT2D eigenvalue weighted by molar-refractivity contribution is -0.143. The monoisotopic (exact) mass is 446 g/mol. The number of piperidine rings is 1. The molecule has 0 amide bonds. The average molecular weight is 447 g/mol. The van der Waals surface area contributed by atoms with Crippen molar-refractivity contribution in [2.45, 2.75) is 39.2 Å². The van der Waals surface area contributed by atoms with E-state index < -0.39 is 5.97 Å². The van der Waals surface area contributed by atoms with Gasteiger partial charge in [0.2, 0.25) is 0 Å². The maximum atomic E-state index is 11.2. The van der Waals surface area contributed by atoms with E-state index in [1.807, 2.05) is 18.2 Å². The van der Waals surface area contributed by atoms with E-state index in [-0.39, 0.29) is 5.92 Å². The number of aliphatic carboxylic acids is 1. The summed E-state index contributed by atoms with van der Waals surface area (Å²) in [6, 6.07) is 10.3. The van der Waals surface area contributed by atoms with Crippen LogP contribution in [0.5, 0.6) is 0 Å². The number of aryl methyl sites for hydroxylation is 2. The summed E-state index contributed by atoms with van der Waals surface area (Å²) in [4.78, 5) is 15.8. The van der Waals surface area contributed by atoms with Crippen LogP contribution in [0.4, 0.5) is 5.69 Å². The number of likely N-dealkylation sites (tertiary alicyclic amines) is 1. The lowest BCUT2D eigenvalue weighted by atomic mass is 9.86. The Hall–Kier alpha value is -1.75. The van der Waals surface area contributed by atoms with Crippen LogP contribution in [-0.2, 0) is 11.3 Å². The number of carboxylic acids is 1. The number of rotatable bonds is 5. The second kappa shape index (κ2) is 8.78. The first-order valence-corrected chi connectivity index (χ1v) is 11.3. The van der Waals surface area contributed by atoms with Crippen molar-refractivity contribution in [2.75, 3.05) is 31.1 Å². The summed E-state index contributed by atoms with van der Waals surface area (Å²) in [5.41, 5.74) is 6.32. The number of anilines is 1. The van der Waals surface area contributed by atoms with Gasteiger partial charge in [0.25, 0.3) is 0 Å². The van der Waals surface area contributed by atoms with E-state index in [2.05, 4.69) is 35.8 Å². The summed E-state index contributed by atoms with van der Waals surface area (Å²) in [7, 11) is 0. The van der Waals surface area contributed by atoms with E-state index in [1.165, 1.54) is 22.3 Å². The van der Waals surface area contributed by atoms with Crippen molar-refractivity contribution >= 4 is 34.9 Å². The standard InChI is InChI=1S/C24H28Cl2N2O2/c1-15-10-18(19-12-28(13-19)23-21(25)4-3-5-22(23)26)11-16(2)20(15)14-27-8-6-17(7-9-27)24(29)30/h3-5,10-11,17,19H,6-9,12-14H2,1-2H3,(H,29,30). The largest absolute Gasteiger partial charge is 0.481 e. The minimum absolute atomic E-state index is 0.181. The van der Waals surface area contributed by atoms with E-state index >= 15 is 0 Å². The van der Waals surface area contributed by atoms with Crippen molar-refractivity contribution in [1.82, 2.24) is 4.90 Å². The predicted molar refractivity (Wildman–Crippen MR) is 123 cm³/mol. The molecule has 2 aliphatic rings. The topological polar surface area (TPSA) is 43.8 Å². The minimum Gasteiger partial charge on any atom is -0.481 e. The van der Waals surface area contributed by atoms with Crippen molar-refractivity contribution in [3.05, 3.63) is 62.6 Å². The zero-order chi connectivity index (χ0) is 21.4. The molecule has 2 fully saturated rings. The summed E-state index contributed by atoms with van der Waals surface area (Å²) < 4.78 is 0. The van der Waals surface area contributed by atoms with Gasteiger partial charge in [-0.05, 0) is 74.2 Å². The van der Waals surface area contributed by atoms with Crippen molar-refractivity contribution in [3.63, 3.8) is 0 Å². The number of hydrogen-bond acceptors (Lipinski definition) is 3. The molecule has 2 heterocycles. The van der Waals surface area contributed by atoms with Gasteiger partial charge in [-0.15, -0.1) is 0 Å². The fourth-order valence-electron chi connectivity index (χ4n) is 4.74. The summed E-state index contributed by atoms with van der Waals surface area (Å²) in [5.74, 6) is -0.354. The van der Waals surface area contributed by atoms with Gasteiger partial charge in [0.1, 0.15) is 0 Å². The third kappa shape index (κ3) is 4.32. The van der Waals surface area contributed by atoms with Gasteiger partial charge in [-0.3, -0.25) is 9.69 Å². The summed E-state index contributed by atoms with van der Waals surface area (Å²) >= 11 is 12.7. The lowest BCUT2D eigenvalue weighted by Gasteiger charge is -2.42. The molecule has 0 aromatic heterocycles. The number of nitrogens with zero attached hydrogens (tertiary/aromatic N) is 2. The lowest BCUT2D eigenvalue weighted by Crippen LogP contribution is -2.45. The van der Waals surface area contributed by atoms with E-state index in [0.717, 1.165) is 51.3 Å². The quantitative estimate of drug-likeness (QED) is 0.657. The highest BCUT2D eigenvalue weighted by Crippen LogP contribution is 2.40. The molecule has 6 heteroatoms. The van der Waals surface area contributed by atoms with Crippen molar-refractivity contribution in [1.29, 1.82) is 0 Å². The second-order valence-corrected chi connectivity index (χ2v) is 9.51. The molecule has 2 aliphatic heterocycles. The fourth-order valence-corrected chi connectivity index (χ4v) is 5.37. The summed E-state index contributed by atoms with van der Waals surface area (Å²) in [5, 5.41) is 10.6. The number of halogens is 2. The van der Waals surface area contributed by atoms with Gasteiger partial charge in [-0.25, -0.2) is 0 Å². The molecule has 0 atom stereocenters. The van der Waals surface area contributed by atoms with Gasteiger partial charge in [0, 0.05) is 25.6 Å². The first-order valence-electron chi connectivity index (χ1n) is 10.6. The summed E-state index contributed by atoms with van der Waals surface area (Å²) in [6.45, 7) is 8.83. The highest BCUT2D eigenvalue weighted by Gasteiger charge is 2.31. The molecule has 160 valence electrons. The first kappa shape index (κ1) is 21.5. The van der Waals surface area contributed by atoms with Gasteiger partial charge in [-0.2, -0.15) is 0 Å². The normalized spacial score (nSPS) is 18.5. The zero-order valence-corrected chi connectivity index (χ0v) is 19.0. The molecule has 30 heavy (non-hydrogen) atoms. The first-order chi connectivity index (χ1) is 14.3. The van der Waals surface area contributed by atoms with Crippen LogP contribution in [0.2, 0.25) is 10.0 Å². The molecule has 0 unspecified atom stereocenters. The smallest absolute Gasteiger partial charge is 0.306 e. The van der Waals surface area contributed by atoms with Gasteiger partial charge < -0.3 is 10.0 Å². The Balaban J connectivity index is 1.41. The number of carbonyl (C=O) groups is 1. The summed E-state index contributed by atoms with van der Waals surface area (Å²) in [6.07, 6.45) is 1.49. The number of benzene rings is 2. The van der Waals surface area contributed by atoms with Crippen LogP contribution in [0, 0.1) is 19.8 Å². The van der Waals surface area contributed by atoms with Crippen LogP contribution < -0.4 is 4.90 Å². The minimum atomic E-state index is -0.654. The molecule has 4 rings (SSSR count). The third-order valence-corrected chi connectivity index (χ3v) is 7.25. The third-order valence-electron chi connectivity index (χ3n) is 6.64. The van der Waals surface area contributed by atoms with E-state index in [4.69, 9.17) is 23.2 Å². The SMILES string of the molecule is Cc1cc(C2CN(c3c(Cl)cccc3Cl)C2)cc(C)c1CN1CCC(C(=O)O)CC1. The Morgan fingerprint density at radius 2 is 1.63 bits per heavy atom. The number of carboxylic acid groups (broad SMARTS) is 1. The highest BCUT2D eigenvalue weighted by atomic mass is 35.5. The molecule has 2 aromatic rings. The van der Waals surface area contributed by atoms with Crippen molar-refractivity contribution in [3.8, 4) is 0 Å². The number of hydrogen-bond donors (Lipinski definition) is 1. The van der Waals surface area contributed by atoms with Crippen LogP contribution in [0.25, 0.3) is 0 Å². The highest BCUT2D eigenvalue weighted by molar-refractivity contribution is 6.39. The van der Waals surface area contributed by atoms with E-state index in [0.29, 0.717) is 16.0 Å². The molecule has 1 N–H and O–H groups in total. The maximum absolute atomic E-state index is 11.2. The van der Waals surface area contributed by atoms with Crippen LogP contribution in [0.15, 0.2) is 30.3 Å². The van der Waals surface area contributed by atoms with Gasteiger partial charge in [0.15, 0.2) is 0 Å². The fraction of sp³-hybridized carbons (Fsp3) is 0.458. The second-order valence-electron chi connectivity index (χ2n) is 8.69. The Morgan fingerprint density at radius 3 is 2.17 bits per heavy atom. The Morgan fingerprint density at radius 1 is 1.07 bits per heavy atom. The van der Waals surface area contributed by atoms with Crippen molar-refractivity contribution in [2.24, 2.45) is 5.92 Å². The van der Waals surface area contributed by atoms with E-state index in [1.54, 1.807) is 0 Å². The maximum Gasteiger partial charge on any atom is 0.306 e. The molecule has 2 saturated heterocycles. The average Bonchev–Trinajstić information content (AvgIpc) is 2.66.